The van der Waals surface area contributed by atoms with Crippen LogP contribution in [0, 0.1) is 22.7 Å². The zero-order valence-electron chi connectivity index (χ0n) is 5.01. The maximum Gasteiger partial charge on any atom is 0.445 e. The van der Waals surface area contributed by atoms with Gasteiger partial charge in [0.2, 0.25) is 0 Å². The zero-order chi connectivity index (χ0) is 8.91. The monoisotopic (exact) mass is 178 g/mol. The summed E-state index contributed by atoms with van der Waals surface area (Å²) in [7, 11) is 0. The maximum atomic E-state index is 11.4. The van der Waals surface area contributed by atoms with Crippen molar-refractivity contribution in [3.63, 3.8) is 0 Å². The highest BCUT2D eigenvalue weighted by molar-refractivity contribution is 8.03. The summed E-state index contributed by atoms with van der Waals surface area (Å²) in [6, 6.07) is 2.61. The standard InChI is InChI=1S/C5HF3N2S/c6-5(7,8)11-3-4(1-9)2-10/h3H. The molecule has 0 rings (SSSR count). The summed E-state index contributed by atoms with van der Waals surface area (Å²) < 4.78 is 34.2. The molecular weight excluding hydrogens is 177 g/mol. The van der Waals surface area contributed by atoms with E-state index in [0.717, 1.165) is 0 Å². The van der Waals surface area contributed by atoms with E-state index in [-0.39, 0.29) is 0 Å². The summed E-state index contributed by atoms with van der Waals surface area (Å²) in [5, 5.41) is 16.5. The van der Waals surface area contributed by atoms with E-state index in [2.05, 4.69) is 0 Å². The second-order valence-electron chi connectivity index (χ2n) is 1.32. The Bertz CT molecular complexity index is 226. The molecule has 0 atom stereocenters. The lowest BCUT2D eigenvalue weighted by Crippen LogP contribution is -1.96. The largest absolute Gasteiger partial charge is 0.445 e. The van der Waals surface area contributed by atoms with E-state index in [1.54, 1.807) is 0 Å². The third kappa shape index (κ3) is 5.31. The van der Waals surface area contributed by atoms with Crippen molar-refractivity contribution in [1.29, 1.82) is 10.5 Å². The molecule has 0 amide bonds. The molecule has 0 saturated heterocycles. The second kappa shape index (κ2) is 3.89. The summed E-state index contributed by atoms with van der Waals surface area (Å²) in [5.41, 5.74) is -4.98. The number of hydrogen-bond acceptors (Lipinski definition) is 3. The molecule has 6 heteroatoms. The Morgan fingerprint density at radius 3 is 2.00 bits per heavy atom. The molecule has 0 bridgehead atoms. The fraction of sp³-hybridized carbons (Fsp3) is 0.200. The molecule has 0 aliphatic heterocycles. The molecule has 58 valence electrons. The fourth-order valence-electron chi connectivity index (χ4n) is 0.203. The Labute approximate surface area is 64.9 Å². The van der Waals surface area contributed by atoms with Gasteiger partial charge in [0.25, 0.3) is 0 Å². The van der Waals surface area contributed by atoms with Gasteiger partial charge in [0.1, 0.15) is 17.7 Å². The Kier molecular flexibility index (Phi) is 3.49. The van der Waals surface area contributed by atoms with E-state index in [4.69, 9.17) is 10.5 Å². The molecule has 0 heterocycles. The van der Waals surface area contributed by atoms with Gasteiger partial charge < -0.3 is 0 Å². The number of rotatable bonds is 1. The summed E-state index contributed by atoms with van der Waals surface area (Å²) in [6.07, 6.45) is 0. The van der Waals surface area contributed by atoms with E-state index < -0.39 is 22.8 Å². The number of hydrogen-bond donors (Lipinski definition) is 0. The van der Waals surface area contributed by atoms with Crippen molar-refractivity contribution in [2.24, 2.45) is 0 Å². The van der Waals surface area contributed by atoms with Crippen molar-refractivity contribution in [1.82, 2.24) is 0 Å². The smallest absolute Gasteiger partial charge is 0.192 e. The number of halogens is 3. The van der Waals surface area contributed by atoms with E-state index in [1.165, 1.54) is 12.1 Å². The molecule has 2 nitrogen and oxygen atoms in total. The van der Waals surface area contributed by atoms with Crippen LogP contribution in [0.5, 0.6) is 0 Å². The number of thioether (sulfide) groups is 1. The minimum absolute atomic E-state index is 0.472. The first-order valence-electron chi connectivity index (χ1n) is 2.24. The van der Waals surface area contributed by atoms with Crippen molar-refractivity contribution in [2.75, 3.05) is 0 Å². The molecule has 0 aromatic carbocycles. The highest BCUT2D eigenvalue weighted by Crippen LogP contribution is 2.31. The van der Waals surface area contributed by atoms with E-state index >= 15 is 0 Å². The second-order valence-corrected chi connectivity index (χ2v) is 2.25. The van der Waals surface area contributed by atoms with Gasteiger partial charge in [-0.25, -0.2) is 0 Å². The first-order valence-corrected chi connectivity index (χ1v) is 3.12. The summed E-state index contributed by atoms with van der Waals surface area (Å²) >= 11 is -0.516. The van der Waals surface area contributed by atoms with Crippen LogP contribution < -0.4 is 0 Å². The SMILES string of the molecule is N#CC(C#N)=CSC(F)(F)F. The minimum atomic E-state index is -4.43. The van der Waals surface area contributed by atoms with Gasteiger partial charge in [-0.3, -0.25) is 0 Å². The lowest BCUT2D eigenvalue weighted by atomic mass is 10.4. The first-order chi connectivity index (χ1) is 4.99. The van der Waals surface area contributed by atoms with Crippen molar-refractivity contribution in [3.05, 3.63) is 11.0 Å². The molecule has 0 saturated carbocycles. The van der Waals surface area contributed by atoms with Crippen LogP contribution in [0.1, 0.15) is 0 Å². The molecule has 0 spiro atoms. The van der Waals surface area contributed by atoms with Gasteiger partial charge in [-0.1, -0.05) is 0 Å². The van der Waals surface area contributed by atoms with Gasteiger partial charge in [-0.15, -0.1) is 0 Å². The van der Waals surface area contributed by atoms with Crippen LogP contribution in [0.25, 0.3) is 0 Å². The summed E-state index contributed by atoms with van der Waals surface area (Å²) in [6.45, 7) is 0. The van der Waals surface area contributed by atoms with Crippen LogP contribution in [-0.4, -0.2) is 5.51 Å². The Morgan fingerprint density at radius 2 is 1.73 bits per heavy atom. The molecule has 0 aromatic rings. The highest BCUT2D eigenvalue weighted by atomic mass is 32.2. The van der Waals surface area contributed by atoms with Crippen molar-refractivity contribution >= 4 is 11.8 Å². The molecule has 11 heavy (non-hydrogen) atoms. The maximum absolute atomic E-state index is 11.4. The van der Waals surface area contributed by atoms with E-state index in [0.29, 0.717) is 5.41 Å². The number of nitrogens with zero attached hydrogens (tertiary/aromatic N) is 2. The van der Waals surface area contributed by atoms with Gasteiger partial charge in [0, 0.05) is 5.41 Å². The third-order valence-corrected chi connectivity index (χ3v) is 1.17. The van der Waals surface area contributed by atoms with Crippen molar-refractivity contribution in [2.45, 2.75) is 5.51 Å². The first kappa shape index (κ1) is 9.86. The van der Waals surface area contributed by atoms with Crippen LogP contribution in [0.4, 0.5) is 13.2 Å². The average Bonchev–Trinajstić information content (AvgIpc) is 1.88. The Hall–Kier alpha value is -1.14. The highest BCUT2D eigenvalue weighted by Gasteiger charge is 2.27. The number of allylic oxidation sites excluding steroid dienone is 1. The van der Waals surface area contributed by atoms with Crippen LogP contribution in [-0.2, 0) is 0 Å². The van der Waals surface area contributed by atoms with Gasteiger partial charge in [-0.2, -0.15) is 23.7 Å². The summed E-state index contributed by atoms with van der Waals surface area (Å²) in [4.78, 5) is 0. The van der Waals surface area contributed by atoms with E-state index in [9.17, 15) is 13.2 Å². The summed E-state index contributed by atoms with van der Waals surface area (Å²) in [5.74, 6) is 0. The fourth-order valence-corrected chi connectivity index (χ4v) is 0.560. The Morgan fingerprint density at radius 1 is 1.27 bits per heavy atom. The van der Waals surface area contributed by atoms with Crippen LogP contribution in [0.3, 0.4) is 0 Å². The van der Waals surface area contributed by atoms with Gasteiger partial charge in [-0.05, 0) is 11.8 Å². The van der Waals surface area contributed by atoms with Crippen LogP contribution in [0.15, 0.2) is 11.0 Å². The molecule has 0 fully saturated rings. The van der Waals surface area contributed by atoms with Gasteiger partial charge >= 0.3 is 5.51 Å². The topological polar surface area (TPSA) is 47.6 Å². The van der Waals surface area contributed by atoms with Crippen molar-refractivity contribution < 1.29 is 13.2 Å². The molecule has 0 unspecified atom stereocenters. The van der Waals surface area contributed by atoms with E-state index in [1.807, 2.05) is 0 Å². The third-order valence-electron chi connectivity index (χ3n) is 0.551. The number of nitriles is 2. The van der Waals surface area contributed by atoms with Gasteiger partial charge in [0.15, 0.2) is 0 Å². The molecule has 0 N–H and O–H groups in total. The quantitative estimate of drug-likeness (QED) is 0.578. The molecule has 0 aliphatic rings. The molecular formula is C5HF3N2S. The predicted octanol–water partition coefficient (Wildman–Crippen LogP) is 2.17. The minimum Gasteiger partial charge on any atom is -0.192 e. The van der Waals surface area contributed by atoms with Crippen molar-refractivity contribution in [3.8, 4) is 12.1 Å². The lowest BCUT2D eigenvalue weighted by Gasteiger charge is -1.98. The predicted molar refractivity (Wildman–Crippen MR) is 33.0 cm³/mol. The molecule has 0 aliphatic carbocycles. The Balaban J connectivity index is 4.17. The number of alkyl halides is 3. The molecule has 0 aromatic heterocycles. The van der Waals surface area contributed by atoms with Crippen LogP contribution >= 0.6 is 11.8 Å². The normalized spacial score (nSPS) is 9.55. The zero-order valence-corrected chi connectivity index (χ0v) is 5.83. The van der Waals surface area contributed by atoms with Crippen LogP contribution in [0.2, 0.25) is 0 Å². The average molecular weight is 178 g/mol. The lowest BCUT2D eigenvalue weighted by molar-refractivity contribution is -0.0320. The molecule has 0 radical (unpaired) electrons. The van der Waals surface area contributed by atoms with Gasteiger partial charge in [0.05, 0.1) is 0 Å².